The highest BCUT2D eigenvalue weighted by atomic mass is 16.7. The molecule has 46 heavy (non-hydrogen) atoms. The number of hydrogen-bond acceptors (Lipinski definition) is 17. The smallest absolute Gasteiger partial charge is 0.239 e. The van der Waals surface area contributed by atoms with Crippen molar-refractivity contribution in [1.82, 2.24) is 0 Å². The Hall–Kier alpha value is -3.75. The van der Waals surface area contributed by atoms with E-state index in [1.165, 1.54) is 19.1 Å². The lowest BCUT2D eigenvalue weighted by molar-refractivity contribution is -0.318. The van der Waals surface area contributed by atoms with E-state index < -0.39 is 102 Å². The van der Waals surface area contributed by atoms with E-state index >= 15 is 0 Å². The summed E-state index contributed by atoms with van der Waals surface area (Å²) in [6, 6.07) is 5.72. The van der Waals surface area contributed by atoms with Gasteiger partial charge in [0.25, 0.3) is 0 Å². The zero-order valence-electron chi connectivity index (χ0n) is 24.1. The first-order valence-corrected chi connectivity index (χ1v) is 14.1. The summed E-state index contributed by atoms with van der Waals surface area (Å²) < 4.78 is 33.4. The molecule has 10 N–H and O–H groups in total. The minimum absolute atomic E-state index is 0.0189. The molecule has 17 nitrogen and oxygen atoms in total. The highest BCUT2D eigenvalue weighted by molar-refractivity contribution is 5.88. The molecule has 0 radical (unpaired) electrons. The Morgan fingerprint density at radius 2 is 1.48 bits per heavy atom. The topological polar surface area (TPSA) is 279 Å². The first-order valence-electron chi connectivity index (χ1n) is 14.1. The van der Waals surface area contributed by atoms with Gasteiger partial charge in [-0.1, -0.05) is 0 Å². The number of benzene rings is 2. The molecule has 0 amide bonds. The third-order valence-corrected chi connectivity index (χ3v) is 7.64. The average Bonchev–Trinajstić information content (AvgIpc) is 3.02. The van der Waals surface area contributed by atoms with Crippen LogP contribution in [0.15, 0.2) is 39.5 Å². The maximum absolute atomic E-state index is 13.8. The van der Waals surface area contributed by atoms with Gasteiger partial charge in [-0.25, -0.2) is 0 Å². The van der Waals surface area contributed by atoms with Crippen molar-refractivity contribution in [2.75, 3.05) is 19.8 Å². The fourth-order valence-electron chi connectivity index (χ4n) is 5.07. The number of aliphatic hydroxyl groups is 7. The van der Waals surface area contributed by atoms with Gasteiger partial charge in [0.1, 0.15) is 71.8 Å². The number of phenols is 3. The van der Waals surface area contributed by atoms with Gasteiger partial charge in [0.15, 0.2) is 23.5 Å². The van der Waals surface area contributed by atoms with Gasteiger partial charge in [-0.3, -0.25) is 4.79 Å². The van der Waals surface area contributed by atoms with Gasteiger partial charge >= 0.3 is 0 Å². The minimum atomic E-state index is -1.97. The summed E-state index contributed by atoms with van der Waals surface area (Å²) in [6.45, 7) is 0.332. The van der Waals surface area contributed by atoms with E-state index in [9.17, 15) is 50.8 Å². The number of fused-ring (bicyclic) bond motifs is 1. The molecule has 0 saturated carbocycles. The molecular weight excluding hydrogens is 620 g/mol. The van der Waals surface area contributed by atoms with E-state index in [2.05, 4.69) is 0 Å². The number of rotatable bonds is 9. The minimum Gasteiger partial charge on any atom is -0.507 e. The molecule has 2 saturated heterocycles. The summed E-state index contributed by atoms with van der Waals surface area (Å²) in [4.78, 5) is 13.8. The fourth-order valence-corrected chi connectivity index (χ4v) is 5.07. The predicted molar refractivity (Wildman–Crippen MR) is 151 cm³/mol. The second-order valence-corrected chi connectivity index (χ2v) is 10.8. The Balaban J connectivity index is 1.49. The van der Waals surface area contributed by atoms with E-state index in [0.717, 1.165) is 18.2 Å². The van der Waals surface area contributed by atoms with E-state index in [0.29, 0.717) is 0 Å². The first-order chi connectivity index (χ1) is 21.8. The molecule has 0 bridgehead atoms. The lowest BCUT2D eigenvalue weighted by Crippen LogP contribution is -2.61. The van der Waals surface area contributed by atoms with E-state index in [1.807, 2.05) is 0 Å². The first kappa shape index (κ1) is 33.6. The SMILES string of the molecule is CC1O[C@@H](OCC2O[C@@H](Oc3c(-c4ccc(O)c(O)c4)oc4cc(OCCO)cc(O)c4c3=O)C(O)[C@@H](O)[C@H]2O)C(O)[C@@H](O)[C@H]1O. The average molecular weight is 655 g/mol. The second kappa shape index (κ2) is 13.5. The predicted octanol–water partition coefficient (Wildman–Crippen LogP) is -2.02. The molecule has 3 aromatic rings. The number of hydrogen-bond donors (Lipinski definition) is 10. The van der Waals surface area contributed by atoms with E-state index in [4.69, 9.17) is 33.2 Å². The molecule has 2 aromatic carbocycles. The second-order valence-electron chi connectivity index (χ2n) is 10.8. The molecule has 2 fully saturated rings. The van der Waals surface area contributed by atoms with Gasteiger partial charge < -0.3 is 79.2 Å². The summed E-state index contributed by atoms with van der Waals surface area (Å²) >= 11 is 0. The highest BCUT2D eigenvalue weighted by Gasteiger charge is 2.48. The standard InChI is InChI=1S/C29H34O17/c1-10-19(34)22(37)24(39)28(43-10)42-9-17-20(35)23(38)25(40)29(45-17)46-27-21(36)18-15(33)7-12(41-5-4-30)8-16(18)44-26(27)11-2-3-13(31)14(32)6-11/h2-3,6-8,10,17,19-20,22-25,28-35,37-40H,4-5,9H2,1H3/t10?,17?,19-,20-,22-,23-,24?,25?,28+,29-/m0/s1. The molecule has 10 atom stereocenters. The maximum Gasteiger partial charge on any atom is 0.239 e. The Morgan fingerprint density at radius 3 is 2.17 bits per heavy atom. The van der Waals surface area contributed by atoms with E-state index in [1.54, 1.807) is 0 Å². The number of phenolic OH excluding ortho intramolecular Hbond substituents is 3. The van der Waals surface area contributed by atoms with Crippen LogP contribution in [0.5, 0.6) is 28.7 Å². The Kier molecular flexibility index (Phi) is 9.89. The van der Waals surface area contributed by atoms with Crippen molar-refractivity contribution in [3.8, 4) is 40.1 Å². The van der Waals surface area contributed by atoms with Gasteiger partial charge in [0.05, 0.1) is 19.3 Å². The van der Waals surface area contributed by atoms with Crippen molar-refractivity contribution in [2.24, 2.45) is 0 Å². The van der Waals surface area contributed by atoms with Crippen LogP contribution in [0.25, 0.3) is 22.3 Å². The summed E-state index contributed by atoms with van der Waals surface area (Å²) in [6.07, 6.45) is -16.2. The van der Waals surface area contributed by atoms with Crippen LogP contribution in [0, 0.1) is 0 Å². The summed E-state index contributed by atoms with van der Waals surface area (Å²) in [5.74, 6) is -2.73. The van der Waals surface area contributed by atoms with Crippen LogP contribution in [0.2, 0.25) is 0 Å². The summed E-state index contributed by atoms with van der Waals surface area (Å²) in [7, 11) is 0. The molecule has 1 aromatic heterocycles. The van der Waals surface area contributed by atoms with Gasteiger partial charge in [-0.2, -0.15) is 0 Å². The Labute approximate surface area is 259 Å². The van der Waals surface area contributed by atoms with Crippen LogP contribution < -0.4 is 14.9 Å². The maximum atomic E-state index is 13.8. The van der Waals surface area contributed by atoms with Crippen molar-refractivity contribution in [3.63, 3.8) is 0 Å². The Morgan fingerprint density at radius 1 is 0.783 bits per heavy atom. The summed E-state index contributed by atoms with van der Waals surface area (Å²) in [5.41, 5.74) is -1.23. The monoisotopic (exact) mass is 654 g/mol. The molecule has 17 heteroatoms. The molecule has 2 aliphatic rings. The van der Waals surface area contributed by atoms with Crippen LogP contribution >= 0.6 is 0 Å². The third kappa shape index (κ3) is 6.42. The van der Waals surface area contributed by atoms with Crippen molar-refractivity contribution in [1.29, 1.82) is 0 Å². The van der Waals surface area contributed by atoms with E-state index in [-0.39, 0.29) is 35.9 Å². The molecule has 0 spiro atoms. The lowest BCUT2D eigenvalue weighted by Gasteiger charge is -2.42. The number of aliphatic hydroxyl groups excluding tert-OH is 7. The molecule has 0 aliphatic carbocycles. The quantitative estimate of drug-likeness (QED) is 0.111. The zero-order valence-corrected chi connectivity index (χ0v) is 24.1. The van der Waals surface area contributed by atoms with Crippen molar-refractivity contribution in [2.45, 2.75) is 68.3 Å². The fraction of sp³-hybridized carbons (Fsp3) is 0.483. The number of aromatic hydroxyl groups is 3. The van der Waals surface area contributed by atoms with Crippen LogP contribution in [0.1, 0.15) is 6.92 Å². The number of ether oxygens (including phenoxy) is 5. The molecule has 3 heterocycles. The normalized spacial score (nSPS) is 31.6. The van der Waals surface area contributed by atoms with Crippen LogP contribution in [-0.4, -0.2) is 132 Å². The molecule has 5 rings (SSSR count). The zero-order chi connectivity index (χ0) is 33.4. The Bertz CT molecular complexity index is 1590. The third-order valence-electron chi connectivity index (χ3n) is 7.64. The van der Waals surface area contributed by atoms with Crippen molar-refractivity contribution >= 4 is 11.0 Å². The van der Waals surface area contributed by atoms with Crippen LogP contribution in [0.4, 0.5) is 0 Å². The molecular formula is C29H34O17. The summed E-state index contributed by atoms with van der Waals surface area (Å²) in [5, 5.41) is 101. The van der Waals surface area contributed by atoms with Gasteiger partial charge in [-0.05, 0) is 25.1 Å². The largest absolute Gasteiger partial charge is 0.507 e. The lowest BCUT2D eigenvalue weighted by atomic mass is 9.98. The highest BCUT2D eigenvalue weighted by Crippen LogP contribution is 2.39. The van der Waals surface area contributed by atoms with Gasteiger partial charge in [0, 0.05) is 17.7 Å². The van der Waals surface area contributed by atoms with Gasteiger partial charge in [-0.15, -0.1) is 0 Å². The molecule has 2 aliphatic heterocycles. The van der Waals surface area contributed by atoms with Crippen molar-refractivity contribution in [3.05, 3.63) is 40.6 Å². The van der Waals surface area contributed by atoms with Gasteiger partial charge in [0.2, 0.25) is 17.5 Å². The van der Waals surface area contributed by atoms with Crippen molar-refractivity contribution < 1.29 is 79.2 Å². The van der Waals surface area contributed by atoms with Crippen LogP contribution in [0.3, 0.4) is 0 Å². The van der Waals surface area contributed by atoms with Crippen LogP contribution in [-0.2, 0) is 14.2 Å². The molecule has 4 unspecified atom stereocenters. The molecule has 252 valence electrons.